The van der Waals surface area contributed by atoms with Gasteiger partial charge in [0.1, 0.15) is 0 Å². The molecule has 3 atom stereocenters. The molecule has 0 aromatic rings. The summed E-state index contributed by atoms with van der Waals surface area (Å²) in [6.45, 7) is 12.2. The van der Waals surface area contributed by atoms with E-state index in [9.17, 15) is 17.8 Å². The van der Waals surface area contributed by atoms with Crippen molar-refractivity contribution in [3.63, 3.8) is 0 Å². The minimum absolute atomic E-state index is 0.0648. The summed E-state index contributed by atoms with van der Waals surface area (Å²) < 4.78 is 32.1. The second-order valence-corrected chi connectivity index (χ2v) is 7.76. The van der Waals surface area contributed by atoms with Gasteiger partial charge in [0, 0.05) is 24.6 Å². The van der Waals surface area contributed by atoms with Gasteiger partial charge in [0.2, 0.25) is 5.91 Å². The number of quaternary nitrogens is 1. The maximum absolute atomic E-state index is 11.3. The molecule has 0 aromatic heterocycles. The third kappa shape index (κ3) is 12.2. The predicted octanol–water partition coefficient (Wildman–Crippen LogP) is 0.324. The number of rotatable bonds is 13. The molecule has 0 radical (unpaired) electrons. The molecule has 0 aromatic carbocycles. The Kier molecular flexibility index (Phi) is 11.1. The number of carbonyl (C=O) groups excluding carboxylic acids is 1. The normalized spacial score (nSPS) is 15.7. The van der Waals surface area contributed by atoms with Gasteiger partial charge in [-0.3, -0.25) is 4.79 Å². The second-order valence-electron chi connectivity index (χ2n) is 6.24. The minimum atomic E-state index is -4.12. The van der Waals surface area contributed by atoms with Crippen molar-refractivity contribution in [1.29, 1.82) is 0 Å². The van der Waals surface area contributed by atoms with E-state index in [1.165, 1.54) is 11.0 Å². The molecule has 136 valence electrons. The van der Waals surface area contributed by atoms with Gasteiger partial charge in [-0.05, 0) is 25.3 Å². The Morgan fingerprint density at radius 1 is 1.26 bits per heavy atom. The fraction of sp³-hybridized carbons (Fsp3) is 0.812. The smallest absolute Gasteiger partial charge is 0.243 e. The Morgan fingerprint density at radius 2 is 1.87 bits per heavy atom. The fourth-order valence-corrected chi connectivity index (χ4v) is 2.91. The van der Waals surface area contributed by atoms with Crippen LogP contribution >= 0.6 is 0 Å². The van der Waals surface area contributed by atoms with Crippen LogP contribution in [0.2, 0.25) is 0 Å². The number of unbranched alkanes of at least 4 members (excludes halogenated alkanes) is 1. The summed E-state index contributed by atoms with van der Waals surface area (Å²) in [6.07, 6.45) is 4.77. The molecule has 0 spiro atoms. The van der Waals surface area contributed by atoms with Crippen molar-refractivity contribution in [2.45, 2.75) is 52.5 Å². The Labute approximate surface area is 141 Å². The van der Waals surface area contributed by atoms with Gasteiger partial charge < -0.3 is 14.8 Å². The number of nitrogens with one attached hydrogen (secondary N) is 2. The van der Waals surface area contributed by atoms with Crippen molar-refractivity contribution < 1.29 is 22.7 Å². The lowest BCUT2D eigenvalue weighted by Gasteiger charge is -2.24. The van der Waals surface area contributed by atoms with E-state index >= 15 is 0 Å². The minimum Gasteiger partial charge on any atom is -0.748 e. The summed E-state index contributed by atoms with van der Waals surface area (Å²) in [5, 5.41) is 2.87. The third-order valence-electron chi connectivity index (χ3n) is 4.17. The van der Waals surface area contributed by atoms with Crippen LogP contribution in [0.1, 0.15) is 46.5 Å². The van der Waals surface area contributed by atoms with Gasteiger partial charge in [-0.2, -0.15) is 0 Å². The number of hydrogen-bond acceptors (Lipinski definition) is 4. The highest BCUT2D eigenvalue weighted by Crippen LogP contribution is 2.06. The Bertz CT molecular complexity index is 451. The van der Waals surface area contributed by atoms with Gasteiger partial charge in [0.25, 0.3) is 0 Å². The number of amides is 1. The van der Waals surface area contributed by atoms with Crippen molar-refractivity contribution in [3.8, 4) is 0 Å². The van der Waals surface area contributed by atoms with Crippen LogP contribution in [0.5, 0.6) is 0 Å². The Balaban J connectivity index is 4.30. The van der Waals surface area contributed by atoms with Crippen LogP contribution in [0.3, 0.4) is 0 Å². The average Bonchev–Trinajstić information content (AvgIpc) is 2.47. The molecule has 23 heavy (non-hydrogen) atoms. The SMILES string of the molecule is C=CC(=O)NC(C)C(C)CC[NH+](CCCC)CCCS(=O)(=O)[O-]. The van der Waals surface area contributed by atoms with Crippen molar-refractivity contribution in [2.75, 3.05) is 25.4 Å². The van der Waals surface area contributed by atoms with Crippen LogP contribution < -0.4 is 10.2 Å². The highest BCUT2D eigenvalue weighted by molar-refractivity contribution is 7.85. The van der Waals surface area contributed by atoms with Gasteiger partial charge in [-0.15, -0.1) is 0 Å². The first kappa shape index (κ1) is 22.1. The van der Waals surface area contributed by atoms with Crippen LogP contribution in [-0.2, 0) is 14.9 Å². The third-order valence-corrected chi connectivity index (χ3v) is 4.96. The first-order valence-corrected chi connectivity index (χ1v) is 9.97. The molecule has 3 unspecified atom stereocenters. The lowest BCUT2D eigenvalue weighted by molar-refractivity contribution is -0.900. The average molecular weight is 349 g/mol. The molecule has 0 saturated heterocycles. The molecule has 0 fully saturated rings. The first-order valence-electron chi connectivity index (χ1n) is 8.39. The summed E-state index contributed by atoms with van der Waals surface area (Å²) in [6, 6.07) is 0.0648. The van der Waals surface area contributed by atoms with Crippen LogP contribution in [0, 0.1) is 5.92 Å². The van der Waals surface area contributed by atoms with Gasteiger partial charge in [-0.1, -0.05) is 26.8 Å². The van der Waals surface area contributed by atoms with Gasteiger partial charge in [0.15, 0.2) is 0 Å². The van der Waals surface area contributed by atoms with Crippen molar-refractivity contribution in [1.82, 2.24) is 5.32 Å². The zero-order chi connectivity index (χ0) is 17.9. The molecule has 0 aliphatic carbocycles. The Hall–Kier alpha value is -0.920. The lowest BCUT2D eigenvalue weighted by Crippen LogP contribution is -3.12. The Morgan fingerprint density at radius 3 is 2.39 bits per heavy atom. The van der Waals surface area contributed by atoms with E-state index in [2.05, 4.69) is 25.7 Å². The molecule has 0 aliphatic heterocycles. The lowest BCUT2D eigenvalue weighted by atomic mass is 9.99. The molecule has 6 nitrogen and oxygen atoms in total. The summed E-state index contributed by atoms with van der Waals surface area (Å²) in [5.41, 5.74) is 0. The van der Waals surface area contributed by atoms with Crippen LogP contribution in [0.25, 0.3) is 0 Å². The number of hydrogen-bond donors (Lipinski definition) is 2. The highest BCUT2D eigenvalue weighted by atomic mass is 32.2. The van der Waals surface area contributed by atoms with Gasteiger partial charge in [0.05, 0.1) is 29.8 Å². The van der Waals surface area contributed by atoms with E-state index in [1.54, 1.807) is 0 Å². The van der Waals surface area contributed by atoms with E-state index in [4.69, 9.17) is 0 Å². The van der Waals surface area contributed by atoms with E-state index in [-0.39, 0.29) is 17.7 Å². The van der Waals surface area contributed by atoms with Gasteiger partial charge in [-0.25, -0.2) is 8.42 Å². The van der Waals surface area contributed by atoms with Crippen LogP contribution in [-0.4, -0.2) is 50.3 Å². The monoisotopic (exact) mass is 348 g/mol. The molecule has 7 heteroatoms. The van der Waals surface area contributed by atoms with E-state index in [0.717, 1.165) is 32.4 Å². The summed E-state index contributed by atoms with van der Waals surface area (Å²) in [5.74, 6) is -0.136. The molecule has 2 N–H and O–H groups in total. The molecule has 0 heterocycles. The standard InChI is InChI=1S/C16H32N2O4S/c1-5-7-10-18(11-8-13-23(20,21)22)12-9-14(3)15(4)17-16(19)6-2/h6,14-15H,2,5,7-13H2,1,3-4H3,(H,17,19)(H,20,21,22). The quantitative estimate of drug-likeness (QED) is 0.370. The fourth-order valence-electron chi connectivity index (χ4n) is 2.41. The molecule has 0 rings (SSSR count). The largest absolute Gasteiger partial charge is 0.748 e. The predicted molar refractivity (Wildman–Crippen MR) is 91.2 cm³/mol. The second kappa shape index (κ2) is 11.6. The van der Waals surface area contributed by atoms with Crippen LogP contribution in [0.15, 0.2) is 12.7 Å². The molecule has 1 amide bonds. The first-order chi connectivity index (χ1) is 10.7. The molecule has 0 aliphatic rings. The van der Waals surface area contributed by atoms with E-state index < -0.39 is 10.1 Å². The maximum atomic E-state index is 11.3. The van der Waals surface area contributed by atoms with Gasteiger partial charge >= 0.3 is 0 Å². The topological polar surface area (TPSA) is 90.7 Å². The van der Waals surface area contributed by atoms with Crippen molar-refractivity contribution in [2.24, 2.45) is 5.92 Å². The van der Waals surface area contributed by atoms with E-state index in [0.29, 0.717) is 18.9 Å². The van der Waals surface area contributed by atoms with Crippen molar-refractivity contribution in [3.05, 3.63) is 12.7 Å². The molecule has 0 saturated carbocycles. The summed E-state index contributed by atoms with van der Waals surface area (Å²) in [4.78, 5) is 12.6. The summed E-state index contributed by atoms with van der Waals surface area (Å²) in [7, 11) is -4.12. The molecular formula is C16H32N2O4S. The van der Waals surface area contributed by atoms with Crippen LogP contribution in [0.4, 0.5) is 0 Å². The number of carbonyl (C=O) groups is 1. The maximum Gasteiger partial charge on any atom is 0.243 e. The van der Waals surface area contributed by atoms with E-state index in [1.807, 2.05) is 6.92 Å². The molecular weight excluding hydrogens is 316 g/mol. The van der Waals surface area contributed by atoms with Crippen molar-refractivity contribution >= 4 is 16.0 Å². The molecule has 0 bridgehead atoms. The summed E-state index contributed by atoms with van der Waals surface area (Å²) >= 11 is 0. The zero-order valence-electron chi connectivity index (χ0n) is 14.6. The highest BCUT2D eigenvalue weighted by Gasteiger charge is 2.17. The zero-order valence-corrected chi connectivity index (χ0v) is 15.5.